The lowest BCUT2D eigenvalue weighted by atomic mass is 9.74. The SMILES string of the molecule is Cc1ccc(C(=O)NCC2(C(=O)O)CCCCC2)cc1Cl. The van der Waals surface area contributed by atoms with Crippen molar-refractivity contribution in [3.8, 4) is 0 Å². The van der Waals surface area contributed by atoms with E-state index in [2.05, 4.69) is 5.32 Å². The van der Waals surface area contributed by atoms with Gasteiger partial charge < -0.3 is 10.4 Å². The van der Waals surface area contributed by atoms with E-state index in [0.717, 1.165) is 24.8 Å². The molecule has 0 unspecified atom stereocenters. The van der Waals surface area contributed by atoms with Crippen molar-refractivity contribution < 1.29 is 14.7 Å². The van der Waals surface area contributed by atoms with E-state index in [1.54, 1.807) is 18.2 Å². The minimum absolute atomic E-state index is 0.173. The van der Waals surface area contributed by atoms with Gasteiger partial charge in [-0.3, -0.25) is 9.59 Å². The van der Waals surface area contributed by atoms with Crippen LogP contribution in [0.25, 0.3) is 0 Å². The minimum Gasteiger partial charge on any atom is -0.481 e. The summed E-state index contributed by atoms with van der Waals surface area (Å²) in [6.45, 7) is 2.04. The van der Waals surface area contributed by atoms with Crippen molar-refractivity contribution >= 4 is 23.5 Å². The van der Waals surface area contributed by atoms with Crippen LogP contribution in [0.3, 0.4) is 0 Å². The lowest BCUT2D eigenvalue weighted by molar-refractivity contribution is -0.150. The van der Waals surface area contributed by atoms with E-state index < -0.39 is 11.4 Å². The quantitative estimate of drug-likeness (QED) is 0.895. The van der Waals surface area contributed by atoms with E-state index >= 15 is 0 Å². The van der Waals surface area contributed by atoms with Gasteiger partial charge in [-0.1, -0.05) is 36.9 Å². The Kier molecular flexibility index (Phi) is 4.88. The van der Waals surface area contributed by atoms with Crippen LogP contribution in [0.4, 0.5) is 0 Å². The number of hydrogen-bond donors (Lipinski definition) is 2. The Balaban J connectivity index is 2.05. The monoisotopic (exact) mass is 309 g/mol. The van der Waals surface area contributed by atoms with Gasteiger partial charge in [0.2, 0.25) is 0 Å². The molecule has 4 nitrogen and oxygen atoms in total. The molecule has 21 heavy (non-hydrogen) atoms. The second kappa shape index (κ2) is 6.48. The topological polar surface area (TPSA) is 66.4 Å². The van der Waals surface area contributed by atoms with Crippen molar-refractivity contribution in [2.24, 2.45) is 5.41 Å². The molecule has 1 aliphatic rings. The first-order chi connectivity index (χ1) is 9.94. The molecule has 0 radical (unpaired) electrons. The number of halogens is 1. The Morgan fingerprint density at radius 2 is 1.95 bits per heavy atom. The fourth-order valence-electron chi connectivity index (χ4n) is 2.78. The highest BCUT2D eigenvalue weighted by atomic mass is 35.5. The van der Waals surface area contributed by atoms with Crippen molar-refractivity contribution in [3.63, 3.8) is 0 Å². The Morgan fingerprint density at radius 3 is 2.52 bits per heavy atom. The summed E-state index contributed by atoms with van der Waals surface area (Å²) in [4.78, 5) is 23.7. The molecule has 1 fully saturated rings. The molecule has 2 N–H and O–H groups in total. The molecule has 0 aromatic heterocycles. The Morgan fingerprint density at radius 1 is 1.29 bits per heavy atom. The van der Waals surface area contributed by atoms with Gasteiger partial charge in [0.1, 0.15) is 0 Å². The number of nitrogens with one attached hydrogen (secondary N) is 1. The number of aliphatic carboxylic acids is 1. The molecule has 1 aromatic rings. The molecule has 1 saturated carbocycles. The number of aryl methyl sites for hydroxylation is 1. The maximum absolute atomic E-state index is 12.2. The van der Waals surface area contributed by atoms with Crippen LogP contribution in [0.2, 0.25) is 5.02 Å². The van der Waals surface area contributed by atoms with Crippen molar-refractivity contribution in [1.82, 2.24) is 5.32 Å². The summed E-state index contributed by atoms with van der Waals surface area (Å²) in [6.07, 6.45) is 4.11. The molecule has 1 aliphatic carbocycles. The summed E-state index contributed by atoms with van der Waals surface area (Å²) in [5.41, 5.74) is 0.548. The third-order valence-corrected chi connectivity index (χ3v) is 4.69. The average Bonchev–Trinajstić information content (AvgIpc) is 2.48. The fourth-order valence-corrected chi connectivity index (χ4v) is 2.96. The number of rotatable bonds is 4. The molecule has 0 heterocycles. The summed E-state index contributed by atoms with van der Waals surface area (Å²) in [5.74, 6) is -1.09. The van der Waals surface area contributed by atoms with Crippen LogP contribution in [-0.2, 0) is 4.79 Å². The summed E-state index contributed by atoms with van der Waals surface area (Å²) < 4.78 is 0. The molecule has 2 rings (SSSR count). The molecule has 0 saturated heterocycles. The summed E-state index contributed by atoms with van der Waals surface area (Å²) >= 11 is 6.01. The van der Waals surface area contributed by atoms with Crippen LogP contribution in [0, 0.1) is 12.3 Å². The van der Waals surface area contributed by atoms with E-state index in [0.29, 0.717) is 23.4 Å². The molecule has 114 valence electrons. The molecule has 5 heteroatoms. The molecule has 0 bridgehead atoms. The van der Waals surface area contributed by atoms with Crippen LogP contribution in [-0.4, -0.2) is 23.5 Å². The van der Waals surface area contributed by atoms with Crippen LogP contribution in [0.15, 0.2) is 18.2 Å². The highest BCUT2D eigenvalue weighted by Gasteiger charge is 2.39. The number of carbonyl (C=O) groups excluding carboxylic acids is 1. The Hall–Kier alpha value is -1.55. The van der Waals surface area contributed by atoms with E-state index in [-0.39, 0.29) is 12.5 Å². The first kappa shape index (κ1) is 15.8. The Labute approximate surface area is 129 Å². The first-order valence-corrected chi connectivity index (χ1v) is 7.60. The Bertz CT molecular complexity index is 550. The van der Waals surface area contributed by atoms with Gasteiger partial charge in [0.25, 0.3) is 5.91 Å². The molecule has 0 aliphatic heterocycles. The van der Waals surface area contributed by atoms with Gasteiger partial charge in [-0.25, -0.2) is 0 Å². The molecular formula is C16H20ClNO3. The van der Waals surface area contributed by atoms with Crippen LogP contribution in [0.1, 0.15) is 48.0 Å². The van der Waals surface area contributed by atoms with Crippen molar-refractivity contribution in [2.45, 2.75) is 39.0 Å². The van der Waals surface area contributed by atoms with E-state index in [4.69, 9.17) is 11.6 Å². The predicted octanol–water partition coefficient (Wildman–Crippen LogP) is 3.41. The highest BCUT2D eigenvalue weighted by Crippen LogP contribution is 2.36. The van der Waals surface area contributed by atoms with Crippen LogP contribution in [0.5, 0.6) is 0 Å². The number of benzene rings is 1. The summed E-state index contributed by atoms with van der Waals surface area (Å²) in [7, 11) is 0. The third-order valence-electron chi connectivity index (χ3n) is 4.29. The maximum Gasteiger partial charge on any atom is 0.311 e. The third kappa shape index (κ3) is 3.56. The second-order valence-corrected chi connectivity index (χ2v) is 6.20. The first-order valence-electron chi connectivity index (χ1n) is 7.22. The molecule has 0 atom stereocenters. The number of carboxylic acids is 1. The average molecular weight is 310 g/mol. The maximum atomic E-state index is 12.2. The van der Waals surface area contributed by atoms with Gasteiger partial charge in [-0.2, -0.15) is 0 Å². The zero-order chi connectivity index (χ0) is 15.5. The van der Waals surface area contributed by atoms with Gasteiger partial charge >= 0.3 is 5.97 Å². The van der Waals surface area contributed by atoms with E-state index in [9.17, 15) is 14.7 Å². The number of amides is 1. The lowest BCUT2D eigenvalue weighted by Gasteiger charge is -2.33. The fraction of sp³-hybridized carbons (Fsp3) is 0.500. The van der Waals surface area contributed by atoms with Crippen LogP contribution < -0.4 is 5.32 Å². The second-order valence-electron chi connectivity index (χ2n) is 5.79. The number of carboxylic acid groups (broad SMARTS) is 1. The summed E-state index contributed by atoms with van der Waals surface area (Å²) in [5, 5.41) is 12.8. The van der Waals surface area contributed by atoms with E-state index in [1.807, 2.05) is 6.92 Å². The van der Waals surface area contributed by atoms with Crippen molar-refractivity contribution in [3.05, 3.63) is 34.3 Å². The van der Waals surface area contributed by atoms with Gasteiger partial charge in [0.05, 0.1) is 5.41 Å². The number of hydrogen-bond acceptors (Lipinski definition) is 2. The standard InChI is InChI=1S/C16H20ClNO3/c1-11-5-6-12(9-13(11)17)14(19)18-10-16(15(20)21)7-3-2-4-8-16/h5-6,9H,2-4,7-8,10H2,1H3,(H,18,19)(H,20,21). The minimum atomic E-state index is -0.817. The van der Waals surface area contributed by atoms with E-state index in [1.165, 1.54) is 0 Å². The van der Waals surface area contributed by atoms with Gasteiger partial charge in [0.15, 0.2) is 0 Å². The zero-order valence-electron chi connectivity index (χ0n) is 12.1. The van der Waals surface area contributed by atoms with Gasteiger partial charge in [0, 0.05) is 17.1 Å². The van der Waals surface area contributed by atoms with Crippen molar-refractivity contribution in [2.75, 3.05) is 6.54 Å². The normalized spacial score (nSPS) is 17.2. The molecule has 1 amide bonds. The largest absolute Gasteiger partial charge is 0.481 e. The van der Waals surface area contributed by atoms with Gasteiger partial charge in [-0.05, 0) is 37.5 Å². The summed E-state index contributed by atoms with van der Waals surface area (Å²) in [6, 6.07) is 5.09. The van der Waals surface area contributed by atoms with Crippen molar-refractivity contribution in [1.29, 1.82) is 0 Å². The zero-order valence-corrected chi connectivity index (χ0v) is 12.9. The van der Waals surface area contributed by atoms with Gasteiger partial charge in [-0.15, -0.1) is 0 Å². The highest BCUT2D eigenvalue weighted by molar-refractivity contribution is 6.31. The van der Waals surface area contributed by atoms with Crippen LogP contribution >= 0.6 is 11.6 Å². The predicted molar refractivity (Wildman–Crippen MR) is 81.7 cm³/mol. The molecule has 1 aromatic carbocycles. The lowest BCUT2D eigenvalue weighted by Crippen LogP contribution is -2.44. The molecule has 0 spiro atoms. The smallest absolute Gasteiger partial charge is 0.311 e. The number of carbonyl (C=O) groups is 2. The molecular weight excluding hydrogens is 290 g/mol.